The maximum atomic E-state index is 12.2. The molecular weight excluding hydrogens is 342 g/mol. The molecule has 0 saturated heterocycles. The number of carbonyl (C=O) groups is 1. The monoisotopic (exact) mass is 351 g/mol. The molecule has 1 aromatic carbocycles. The Kier molecular flexibility index (Phi) is 4.18. The lowest BCUT2D eigenvalue weighted by atomic mass is 10.1. The Labute approximate surface area is 127 Å². The third-order valence-electron chi connectivity index (χ3n) is 2.70. The molecule has 21 heavy (non-hydrogen) atoms. The van der Waals surface area contributed by atoms with Crippen LogP contribution in [0.15, 0.2) is 34.9 Å². The minimum absolute atomic E-state index is 0.230. The first-order valence-electron chi connectivity index (χ1n) is 5.79. The number of hydrogen-bond donors (Lipinski definition) is 2. The number of hydrogen-bond acceptors (Lipinski definition) is 5. The number of nitro groups is 1. The van der Waals surface area contributed by atoms with E-state index in [9.17, 15) is 20.0 Å². The lowest BCUT2D eigenvalue weighted by Gasteiger charge is -2.08. The Morgan fingerprint density at radius 3 is 2.76 bits per heavy atom. The summed E-state index contributed by atoms with van der Waals surface area (Å²) in [6, 6.07) is 5.02. The van der Waals surface area contributed by atoms with Crippen molar-refractivity contribution in [3.05, 3.63) is 56.2 Å². The van der Waals surface area contributed by atoms with Crippen LogP contribution < -0.4 is 5.32 Å². The maximum absolute atomic E-state index is 12.2. The number of nitro benzene ring substituents is 1. The number of phenols is 1. The predicted octanol–water partition coefficient (Wildman–Crippen LogP) is 3.02. The van der Waals surface area contributed by atoms with Crippen molar-refractivity contribution in [1.82, 2.24) is 4.98 Å². The molecule has 0 saturated carbocycles. The van der Waals surface area contributed by atoms with Gasteiger partial charge in [-0.3, -0.25) is 14.9 Å². The van der Waals surface area contributed by atoms with Crippen molar-refractivity contribution in [2.45, 2.75) is 6.92 Å². The third kappa shape index (κ3) is 3.34. The van der Waals surface area contributed by atoms with Crippen molar-refractivity contribution in [2.24, 2.45) is 0 Å². The zero-order valence-corrected chi connectivity index (χ0v) is 12.4. The van der Waals surface area contributed by atoms with Crippen molar-refractivity contribution in [1.29, 1.82) is 0 Å². The van der Waals surface area contributed by atoms with Gasteiger partial charge in [0.05, 0.1) is 4.92 Å². The van der Waals surface area contributed by atoms with Crippen LogP contribution >= 0.6 is 15.9 Å². The van der Waals surface area contributed by atoms with Gasteiger partial charge >= 0.3 is 0 Å². The number of nitrogens with one attached hydrogen (secondary N) is 1. The number of pyridine rings is 1. The van der Waals surface area contributed by atoms with Gasteiger partial charge in [-0.1, -0.05) is 0 Å². The van der Waals surface area contributed by atoms with E-state index in [4.69, 9.17) is 0 Å². The zero-order chi connectivity index (χ0) is 15.6. The van der Waals surface area contributed by atoms with Crippen molar-refractivity contribution in [3.8, 4) is 5.75 Å². The fourth-order valence-corrected chi connectivity index (χ4v) is 2.16. The standard InChI is InChI=1S/C13H10BrN3O4/c1-7-4-8(14)6-15-12(7)16-13(19)10-5-9(18)2-3-11(10)17(20)21/h2-6,18H,1H3,(H,15,16,19). The van der Waals surface area contributed by atoms with Crippen molar-refractivity contribution in [2.75, 3.05) is 5.32 Å². The first-order valence-corrected chi connectivity index (χ1v) is 6.58. The van der Waals surface area contributed by atoms with Gasteiger partial charge in [0.2, 0.25) is 0 Å². The van der Waals surface area contributed by atoms with Gasteiger partial charge in [0.1, 0.15) is 17.1 Å². The summed E-state index contributed by atoms with van der Waals surface area (Å²) in [6.45, 7) is 1.74. The van der Waals surface area contributed by atoms with Crippen LogP contribution in [0.25, 0.3) is 0 Å². The van der Waals surface area contributed by atoms with E-state index in [0.29, 0.717) is 11.4 Å². The molecule has 0 unspecified atom stereocenters. The largest absolute Gasteiger partial charge is 0.508 e. The third-order valence-corrected chi connectivity index (χ3v) is 3.13. The highest BCUT2D eigenvalue weighted by molar-refractivity contribution is 9.10. The smallest absolute Gasteiger partial charge is 0.282 e. The second-order valence-electron chi connectivity index (χ2n) is 4.23. The number of phenolic OH excluding ortho intramolecular Hbond substituents is 1. The average Bonchev–Trinajstić information content (AvgIpc) is 2.41. The van der Waals surface area contributed by atoms with Crippen molar-refractivity contribution < 1.29 is 14.8 Å². The SMILES string of the molecule is Cc1cc(Br)cnc1NC(=O)c1cc(O)ccc1[N+](=O)[O-]. The van der Waals surface area contributed by atoms with E-state index in [1.807, 2.05) is 0 Å². The van der Waals surface area contributed by atoms with E-state index in [0.717, 1.165) is 22.7 Å². The van der Waals surface area contributed by atoms with Crippen LogP contribution in [0.5, 0.6) is 5.75 Å². The molecule has 0 aliphatic heterocycles. The van der Waals surface area contributed by atoms with Gasteiger partial charge in [-0.2, -0.15) is 0 Å². The molecule has 1 aromatic heterocycles. The fourth-order valence-electron chi connectivity index (χ4n) is 1.71. The quantitative estimate of drug-likeness (QED) is 0.653. The lowest BCUT2D eigenvalue weighted by molar-refractivity contribution is -0.385. The van der Waals surface area contributed by atoms with Gasteiger partial charge in [-0.25, -0.2) is 4.98 Å². The summed E-state index contributed by atoms with van der Waals surface area (Å²) in [5.41, 5.74) is 0.0738. The number of aromatic hydroxyl groups is 1. The van der Waals surface area contributed by atoms with Crippen LogP contribution in [-0.4, -0.2) is 20.9 Å². The number of anilines is 1. The minimum atomic E-state index is -0.712. The molecule has 2 N–H and O–H groups in total. The highest BCUT2D eigenvalue weighted by Gasteiger charge is 2.21. The number of aromatic nitrogens is 1. The Hall–Kier alpha value is -2.48. The Bertz CT molecular complexity index is 733. The van der Waals surface area contributed by atoms with Crippen LogP contribution in [0.2, 0.25) is 0 Å². The molecular formula is C13H10BrN3O4. The molecule has 0 atom stereocenters. The van der Waals surface area contributed by atoms with Crippen LogP contribution in [0.4, 0.5) is 11.5 Å². The van der Waals surface area contributed by atoms with E-state index in [2.05, 4.69) is 26.2 Å². The van der Waals surface area contributed by atoms with Gasteiger partial charge in [0.25, 0.3) is 11.6 Å². The van der Waals surface area contributed by atoms with E-state index >= 15 is 0 Å². The summed E-state index contributed by atoms with van der Waals surface area (Å²) in [4.78, 5) is 26.4. The van der Waals surface area contributed by atoms with E-state index < -0.39 is 10.8 Å². The predicted molar refractivity (Wildman–Crippen MR) is 79.4 cm³/mol. The lowest BCUT2D eigenvalue weighted by Crippen LogP contribution is -2.15. The molecule has 0 aliphatic rings. The molecule has 0 spiro atoms. The van der Waals surface area contributed by atoms with E-state index in [1.54, 1.807) is 13.0 Å². The molecule has 2 rings (SSSR count). The maximum Gasteiger partial charge on any atom is 0.282 e. The summed E-state index contributed by atoms with van der Waals surface area (Å²) < 4.78 is 0.751. The summed E-state index contributed by atoms with van der Waals surface area (Å²) >= 11 is 3.25. The first-order chi connectivity index (χ1) is 9.88. The van der Waals surface area contributed by atoms with Crippen molar-refractivity contribution in [3.63, 3.8) is 0 Å². The second-order valence-corrected chi connectivity index (χ2v) is 5.15. The number of rotatable bonds is 3. The van der Waals surface area contributed by atoms with Gasteiger partial charge in [0.15, 0.2) is 0 Å². The Morgan fingerprint density at radius 2 is 2.14 bits per heavy atom. The van der Waals surface area contributed by atoms with Gasteiger partial charge < -0.3 is 10.4 Å². The number of amides is 1. The molecule has 0 fully saturated rings. The van der Waals surface area contributed by atoms with Crippen LogP contribution in [0.3, 0.4) is 0 Å². The van der Waals surface area contributed by atoms with Crippen molar-refractivity contribution >= 4 is 33.3 Å². The summed E-state index contributed by atoms with van der Waals surface area (Å²) in [5.74, 6) is -0.650. The summed E-state index contributed by atoms with van der Waals surface area (Å²) in [5, 5.41) is 22.8. The molecule has 7 nitrogen and oxygen atoms in total. The molecule has 2 aromatic rings. The van der Waals surface area contributed by atoms with Gasteiger partial charge in [-0.05, 0) is 46.6 Å². The first kappa shape index (κ1) is 14.9. The number of carbonyl (C=O) groups excluding carboxylic acids is 1. The topological polar surface area (TPSA) is 105 Å². The molecule has 108 valence electrons. The highest BCUT2D eigenvalue weighted by Crippen LogP contribution is 2.25. The van der Waals surface area contributed by atoms with Gasteiger partial charge in [0, 0.05) is 16.7 Å². The molecule has 0 aliphatic carbocycles. The normalized spacial score (nSPS) is 10.2. The fraction of sp³-hybridized carbons (Fsp3) is 0.0769. The second kappa shape index (κ2) is 5.88. The Morgan fingerprint density at radius 1 is 1.43 bits per heavy atom. The van der Waals surface area contributed by atoms with Crippen LogP contribution in [-0.2, 0) is 0 Å². The Balaban J connectivity index is 2.36. The molecule has 0 radical (unpaired) electrons. The molecule has 1 heterocycles. The molecule has 8 heteroatoms. The van der Waals surface area contributed by atoms with Crippen LogP contribution in [0, 0.1) is 17.0 Å². The summed E-state index contributed by atoms with van der Waals surface area (Å²) in [6.07, 6.45) is 1.50. The van der Waals surface area contributed by atoms with E-state index in [-0.39, 0.29) is 17.0 Å². The van der Waals surface area contributed by atoms with Crippen LogP contribution in [0.1, 0.15) is 15.9 Å². The van der Waals surface area contributed by atoms with E-state index in [1.165, 1.54) is 6.20 Å². The summed E-state index contributed by atoms with van der Waals surface area (Å²) in [7, 11) is 0. The molecule has 1 amide bonds. The van der Waals surface area contributed by atoms with Gasteiger partial charge in [-0.15, -0.1) is 0 Å². The average molecular weight is 352 g/mol. The number of nitrogens with zero attached hydrogens (tertiary/aromatic N) is 2. The zero-order valence-electron chi connectivity index (χ0n) is 10.8. The molecule has 0 bridgehead atoms. The minimum Gasteiger partial charge on any atom is -0.508 e. The highest BCUT2D eigenvalue weighted by atomic mass is 79.9. The number of halogens is 1. The number of benzene rings is 1. The number of aryl methyl sites for hydroxylation is 1.